The maximum atomic E-state index is 12.0. The first-order valence-electron chi connectivity index (χ1n) is 7.06. The normalized spacial score (nSPS) is 10.2. The number of hydrogen-bond donors (Lipinski definition) is 1. The van der Waals surface area contributed by atoms with Crippen LogP contribution in [0.5, 0.6) is 5.75 Å². The number of benzene rings is 2. The first-order valence-corrected chi connectivity index (χ1v) is 8.23. The van der Waals surface area contributed by atoms with Gasteiger partial charge in [0.15, 0.2) is 6.61 Å². The monoisotopic (exact) mass is 410 g/mol. The fourth-order valence-corrected chi connectivity index (χ4v) is 2.35. The van der Waals surface area contributed by atoms with Gasteiger partial charge in [0.05, 0.1) is 10.6 Å². The second-order valence-electron chi connectivity index (χ2n) is 5.18. The second-order valence-corrected chi connectivity index (χ2v) is 6.51. The van der Waals surface area contributed by atoms with Crippen molar-refractivity contribution in [2.24, 2.45) is 0 Å². The largest absolute Gasteiger partial charge is 0.484 e. The summed E-state index contributed by atoms with van der Waals surface area (Å²) in [4.78, 5) is 25.4. The SMILES string of the molecule is CN(C)C(=O)c1cc(NC(=O)COc2ccc(Br)cc2)ccc1Cl. The van der Waals surface area contributed by atoms with E-state index in [2.05, 4.69) is 21.2 Å². The van der Waals surface area contributed by atoms with Gasteiger partial charge < -0.3 is 15.0 Å². The molecule has 24 heavy (non-hydrogen) atoms. The Morgan fingerprint density at radius 3 is 2.46 bits per heavy atom. The van der Waals surface area contributed by atoms with Crippen molar-refractivity contribution < 1.29 is 14.3 Å². The molecule has 2 rings (SSSR count). The van der Waals surface area contributed by atoms with Crippen molar-refractivity contribution in [3.05, 3.63) is 57.5 Å². The smallest absolute Gasteiger partial charge is 0.262 e. The van der Waals surface area contributed by atoms with Gasteiger partial charge in [0.2, 0.25) is 0 Å². The molecule has 2 amide bonds. The molecular formula is C17H16BrClN2O3. The van der Waals surface area contributed by atoms with Crippen LogP contribution >= 0.6 is 27.5 Å². The van der Waals surface area contributed by atoms with E-state index in [1.807, 2.05) is 12.1 Å². The van der Waals surface area contributed by atoms with E-state index in [4.69, 9.17) is 16.3 Å². The Labute approximate surface area is 153 Å². The highest BCUT2D eigenvalue weighted by Gasteiger charge is 2.14. The highest BCUT2D eigenvalue weighted by Crippen LogP contribution is 2.22. The van der Waals surface area contributed by atoms with Gasteiger partial charge in [0, 0.05) is 24.3 Å². The minimum Gasteiger partial charge on any atom is -0.484 e. The van der Waals surface area contributed by atoms with E-state index in [0.29, 0.717) is 22.0 Å². The van der Waals surface area contributed by atoms with Gasteiger partial charge in [-0.15, -0.1) is 0 Å². The molecule has 0 saturated heterocycles. The van der Waals surface area contributed by atoms with Crippen LogP contribution < -0.4 is 10.1 Å². The van der Waals surface area contributed by atoms with E-state index in [9.17, 15) is 9.59 Å². The van der Waals surface area contributed by atoms with Crippen LogP contribution in [0.4, 0.5) is 5.69 Å². The molecule has 0 aliphatic carbocycles. The first-order chi connectivity index (χ1) is 11.4. The van der Waals surface area contributed by atoms with Crippen molar-refractivity contribution in [2.45, 2.75) is 0 Å². The maximum absolute atomic E-state index is 12.0. The summed E-state index contributed by atoms with van der Waals surface area (Å²) >= 11 is 9.36. The highest BCUT2D eigenvalue weighted by atomic mass is 79.9. The lowest BCUT2D eigenvalue weighted by molar-refractivity contribution is -0.118. The Hall–Kier alpha value is -2.05. The number of rotatable bonds is 5. The lowest BCUT2D eigenvalue weighted by Crippen LogP contribution is -2.23. The van der Waals surface area contributed by atoms with Crippen molar-refractivity contribution in [2.75, 3.05) is 26.0 Å². The maximum Gasteiger partial charge on any atom is 0.262 e. The van der Waals surface area contributed by atoms with Crippen LogP contribution in [0.1, 0.15) is 10.4 Å². The average Bonchev–Trinajstić information content (AvgIpc) is 2.55. The topological polar surface area (TPSA) is 58.6 Å². The van der Waals surface area contributed by atoms with Gasteiger partial charge in [-0.25, -0.2) is 0 Å². The van der Waals surface area contributed by atoms with Crippen LogP contribution in [0, 0.1) is 0 Å². The summed E-state index contributed by atoms with van der Waals surface area (Å²) in [7, 11) is 3.27. The minimum atomic E-state index is -0.330. The van der Waals surface area contributed by atoms with E-state index in [-0.39, 0.29) is 18.4 Å². The van der Waals surface area contributed by atoms with Crippen LogP contribution in [-0.4, -0.2) is 37.4 Å². The van der Waals surface area contributed by atoms with E-state index < -0.39 is 0 Å². The molecule has 2 aromatic carbocycles. The van der Waals surface area contributed by atoms with Gasteiger partial charge in [0.1, 0.15) is 5.75 Å². The third-order valence-corrected chi connectivity index (χ3v) is 3.93. The van der Waals surface area contributed by atoms with Crippen molar-refractivity contribution in [1.82, 2.24) is 4.90 Å². The van der Waals surface area contributed by atoms with Gasteiger partial charge in [-0.2, -0.15) is 0 Å². The summed E-state index contributed by atoms with van der Waals surface area (Å²) in [5.74, 6) is 0.0265. The zero-order valence-electron chi connectivity index (χ0n) is 13.2. The molecule has 0 atom stereocenters. The van der Waals surface area contributed by atoms with E-state index >= 15 is 0 Å². The summed E-state index contributed by atoms with van der Waals surface area (Å²) < 4.78 is 6.33. The van der Waals surface area contributed by atoms with Crippen molar-refractivity contribution >= 4 is 45.0 Å². The average molecular weight is 412 g/mol. The molecule has 0 bridgehead atoms. The molecule has 0 aliphatic heterocycles. The standard InChI is InChI=1S/C17H16BrClN2O3/c1-21(2)17(23)14-9-12(5-8-15(14)19)20-16(22)10-24-13-6-3-11(18)4-7-13/h3-9H,10H2,1-2H3,(H,20,22). The molecule has 0 spiro atoms. The molecule has 5 nitrogen and oxygen atoms in total. The van der Waals surface area contributed by atoms with Gasteiger partial charge in [-0.1, -0.05) is 27.5 Å². The van der Waals surface area contributed by atoms with E-state index in [0.717, 1.165) is 4.47 Å². The molecule has 2 aromatic rings. The Morgan fingerprint density at radius 2 is 1.83 bits per heavy atom. The molecular weight excluding hydrogens is 396 g/mol. The third-order valence-electron chi connectivity index (χ3n) is 3.07. The van der Waals surface area contributed by atoms with Gasteiger partial charge >= 0.3 is 0 Å². The number of ether oxygens (including phenoxy) is 1. The molecule has 0 radical (unpaired) electrons. The van der Waals surface area contributed by atoms with Crippen LogP contribution in [0.2, 0.25) is 5.02 Å². The number of hydrogen-bond acceptors (Lipinski definition) is 3. The lowest BCUT2D eigenvalue weighted by atomic mass is 10.1. The highest BCUT2D eigenvalue weighted by molar-refractivity contribution is 9.10. The zero-order valence-corrected chi connectivity index (χ0v) is 15.5. The van der Waals surface area contributed by atoms with Crippen LogP contribution in [0.3, 0.4) is 0 Å². The van der Waals surface area contributed by atoms with Crippen molar-refractivity contribution in [1.29, 1.82) is 0 Å². The molecule has 0 unspecified atom stereocenters. The predicted octanol–water partition coefficient (Wildman–Crippen LogP) is 3.82. The number of amides is 2. The summed E-state index contributed by atoms with van der Waals surface area (Å²) in [5, 5.41) is 3.01. The van der Waals surface area contributed by atoms with Crippen LogP contribution in [-0.2, 0) is 4.79 Å². The lowest BCUT2D eigenvalue weighted by Gasteiger charge is -2.13. The van der Waals surface area contributed by atoms with Gasteiger partial charge in [-0.3, -0.25) is 9.59 Å². The molecule has 0 aromatic heterocycles. The third kappa shape index (κ3) is 4.97. The van der Waals surface area contributed by atoms with Crippen molar-refractivity contribution in [3.63, 3.8) is 0 Å². The Balaban J connectivity index is 2.00. The Bertz CT molecular complexity index is 748. The van der Waals surface area contributed by atoms with Gasteiger partial charge in [0.25, 0.3) is 11.8 Å². The van der Waals surface area contributed by atoms with Crippen molar-refractivity contribution in [3.8, 4) is 5.75 Å². The summed E-state index contributed by atoms with van der Waals surface area (Å²) in [6.45, 7) is -0.138. The number of anilines is 1. The number of carbonyl (C=O) groups is 2. The minimum absolute atomic E-state index is 0.138. The zero-order chi connectivity index (χ0) is 17.7. The second kappa shape index (κ2) is 8.17. The molecule has 0 aliphatic rings. The van der Waals surface area contributed by atoms with Gasteiger partial charge in [-0.05, 0) is 42.5 Å². The Morgan fingerprint density at radius 1 is 1.17 bits per heavy atom. The quantitative estimate of drug-likeness (QED) is 0.813. The Kier molecular flexibility index (Phi) is 6.23. The first kappa shape index (κ1) is 18.3. The fourth-order valence-electron chi connectivity index (χ4n) is 1.88. The van der Waals surface area contributed by atoms with Crippen LogP contribution in [0.25, 0.3) is 0 Å². The number of carbonyl (C=O) groups excluding carboxylic acids is 2. The van der Waals surface area contributed by atoms with Crippen LogP contribution in [0.15, 0.2) is 46.9 Å². The fraction of sp³-hybridized carbons (Fsp3) is 0.176. The number of nitrogens with zero attached hydrogens (tertiary/aromatic N) is 1. The molecule has 0 saturated carbocycles. The number of nitrogens with one attached hydrogen (secondary N) is 1. The predicted molar refractivity (Wildman–Crippen MR) is 97.7 cm³/mol. The van der Waals surface area contributed by atoms with E-state index in [1.165, 1.54) is 4.90 Å². The molecule has 0 fully saturated rings. The molecule has 0 heterocycles. The molecule has 126 valence electrons. The summed E-state index contributed by atoms with van der Waals surface area (Å²) in [5.41, 5.74) is 0.808. The van der Waals surface area contributed by atoms with E-state index in [1.54, 1.807) is 44.4 Å². The summed E-state index contributed by atoms with van der Waals surface area (Å²) in [6, 6.07) is 11.9. The summed E-state index contributed by atoms with van der Waals surface area (Å²) in [6.07, 6.45) is 0. The number of halogens is 2. The molecule has 1 N–H and O–H groups in total. The molecule has 7 heteroatoms.